The average molecular weight is 289 g/mol. The lowest BCUT2D eigenvalue weighted by Crippen LogP contribution is -2.44. The number of carbonyl (C=O) groups is 1. The van der Waals surface area contributed by atoms with E-state index >= 15 is 0 Å². The summed E-state index contributed by atoms with van der Waals surface area (Å²) in [5.41, 5.74) is 0.743. The summed E-state index contributed by atoms with van der Waals surface area (Å²) in [6, 6.07) is 5.30. The molecule has 0 bridgehead atoms. The standard InChI is InChI=1S/C15H19N3O3/c1-17(10-6-2-3-7-11(10)19)14-13(15(20)21)18-9-5-4-8-12(18)16-14/h4-5,8-11,19H,2-3,6-7H2,1H3,(H,20,21). The lowest BCUT2D eigenvalue weighted by Gasteiger charge is -2.35. The van der Waals surface area contributed by atoms with Gasteiger partial charge in [-0.1, -0.05) is 18.9 Å². The molecule has 6 heteroatoms. The zero-order valence-corrected chi connectivity index (χ0v) is 11.9. The zero-order chi connectivity index (χ0) is 15.0. The number of aromatic nitrogens is 2. The number of pyridine rings is 1. The van der Waals surface area contributed by atoms with E-state index in [2.05, 4.69) is 4.98 Å². The molecule has 0 aliphatic heterocycles. The van der Waals surface area contributed by atoms with Gasteiger partial charge in [0.1, 0.15) is 5.65 Å². The number of hydrogen-bond donors (Lipinski definition) is 2. The Morgan fingerprint density at radius 2 is 2.14 bits per heavy atom. The monoisotopic (exact) mass is 289 g/mol. The minimum Gasteiger partial charge on any atom is -0.476 e. The molecule has 2 atom stereocenters. The maximum absolute atomic E-state index is 11.6. The normalized spacial score (nSPS) is 22.4. The highest BCUT2D eigenvalue weighted by molar-refractivity contribution is 5.93. The predicted octanol–water partition coefficient (Wildman–Crippen LogP) is 1.77. The number of carboxylic acids is 1. The van der Waals surface area contributed by atoms with Crippen molar-refractivity contribution in [3.63, 3.8) is 0 Å². The van der Waals surface area contributed by atoms with Crippen LogP contribution in [0.15, 0.2) is 24.4 Å². The first-order chi connectivity index (χ1) is 10.1. The summed E-state index contributed by atoms with van der Waals surface area (Å²) in [6.07, 6.45) is 4.93. The Kier molecular flexibility index (Phi) is 3.55. The van der Waals surface area contributed by atoms with E-state index in [0.29, 0.717) is 11.5 Å². The Hall–Kier alpha value is -2.08. The van der Waals surface area contributed by atoms with Crippen LogP contribution in [0, 0.1) is 0 Å². The number of rotatable bonds is 3. The van der Waals surface area contributed by atoms with Gasteiger partial charge in [0.25, 0.3) is 0 Å². The molecule has 0 radical (unpaired) electrons. The summed E-state index contributed by atoms with van der Waals surface area (Å²) in [5, 5.41) is 19.7. The van der Waals surface area contributed by atoms with Crippen LogP contribution < -0.4 is 4.90 Å². The van der Waals surface area contributed by atoms with Gasteiger partial charge in [-0.15, -0.1) is 0 Å². The molecule has 2 aromatic heterocycles. The molecule has 0 amide bonds. The van der Waals surface area contributed by atoms with Crippen molar-refractivity contribution in [3.05, 3.63) is 30.1 Å². The minimum atomic E-state index is -1.01. The van der Waals surface area contributed by atoms with Crippen LogP contribution in [-0.2, 0) is 0 Å². The lowest BCUT2D eigenvalue weighted by molar-refractivity contribution is 0.0688. The van der Waals surface area contributed by atoms with Gasteiger partial charge in [0.05, 0.1) is 12.1 Å². The summed E-state index contributed by atoms with van der Waals surface area (Å²) < 4.78 is 1.57. The van der Waals surface area contributed by atoms with Crippen LogP contribution in [0.3, 0.4) is 0 Å². The number of aliphatic hydroxyl groups excluding tert-OH is 1. The number of imidazole rings is 1. The van der Waals surface area contributed by atoms with Gasteiger partial charge in [-0.3, -0.25) is 4.40 Å². The summed E-state index contributed by atoms with van der Waals surface area (Å²) in [6.45, 7) is 0. The number of fused-ring (bicyclic) bond motifs is 1. The third-order valence-electron chi connectivity index (χ3n) is 4.24. The molecule has 2 N–H and O–H groups in total. The van der Waals surface area contributed by atoms with Gasteiger partial charge in [0.2, 0.25) is 0 Å². The van der Waals surface area contributed by atoms with E-state index in [-0.39, 0.29) is 11.7 Å². The fourth-order valence-corrected chi connectivity index (χ4v) is 3.13. The van der Waals surface area contributed by atoms with Crippen LogP contribution in [0.5, 0.6) is 0 Å². The molecule has 3 rings (SSSR count). The van der Waals surface area contributed by atoms with Crippen LogP contribution in [-0.4, -0.2) is 44.8 Å². The molecule has 2 aromatic rings. The number of carboxylic acid groups (broad SMARTS) is 1. The fraction of sp³-hybridized carbons (Fsp3) is 0.467. The zero-order valence-electron chi connectivity index (χ0n) is 11.9. The van der Waals surface area contributed by atoms with Crippen LogP contribution in [0.4, 0.5) is 5.82 Å². The van der Waals surface area contributed by atoms with Crippen molar-refractivity contribution in [1.29, 1.82) is 0 Å². The van der Waals surface area contributed by atoms with Gasteiger partial charge < -0.3 is 15.1 Å². The Morgan fingerprint density at radius 1 is 1.38 bits per heavy atom. The minimum absolute atomic E-state index is 0.0817. The lowest BCUT2D eigenvalue weighted by atomic mass is 9.91. The topological polar surface area (TPSA) is 78.1 Å². The van der Waals surface area contributed by atoms with Crippen molar-refractivity contribution in [2.45, 2.75) is 37.8 Å². The molecule has 1 aliphatic carbocycles. The van der Waals surface area contributed by atoms with Crippen LogP contribution in [0.25, 0.3) is 5.65 Å². The molecule has 6 nitrogen and oxygen atoms in total. The van der Waals surface area contributed by atoms with Gasteiger partial charge in [-0.05, 0) is 25.0 Å². The third-order valence-corrected chi connectivity index (χ3v) is 4.24. The first-order valence-electron chi connectivity index (χ1n) is 7.21. The van der Waals surface area contributed by atoms with E-state index in [1.165, 1.54) is 0 Å². The van der Waals surface area contributed by atoms with Crippen LogP contribution >= 0.6 is 0 Å². The number of anilines is 1. The highest BCUT2D eigenvalue weighted by Gasteiger charge is 2.31. The van der Waals surface area contributed by atoms with Gasteiger partial charge >= 0.3 is 5.97 Å². The molecule has 1 saturated carbocycles. The van der Waals surface area contributed by atoms with E-state index in [1.54, 1.807) is 22.7 Å². The van der Waals surface area contributed by atoms with E-state index in [0.717, 1.165) is 25.7 Å². The van der Waals surface area contributed by atoms with Crippen molar-refractivity contribution in [3.8, 4) is 0 Å². The number of aliphatic hydroxyl groups is 1. The SMILES string of the molecule is CN(c1nc2ccccn2c1C(=O)O)C1CCCCC1O. The second kappa shape index (κ2) is 5.37. The molecule has 0 spiro atoms. The first kappa shape index (κ1) is 13.9. The molecule has 1 fully saturated rings. The quantitative estimate of drug-likeness (QED) is 0.900. The van der Waals surface area contributed by atoms with E-state index in [1.807, 2.05) is 18.0 Å². The second-order valence-electron chi connectivity index (χ2n) is 5.55. The van der Waals surface area contributed by atoms with Gasteiger partial charge in [-0.2, -0.15) is 0 Å². The molecule has 0 aromatic carbocycles. The number of aromatic carboxylic acids is 1. The van der Waals surface area contributed by atoms with E-state index in [9.17, 15) is 15.0 Å². The van der Waals surface area contributed by atoms with Crippen molar-refractivity contribution >= 4 is 17.4 Å². The van der Waals surface area contributed by atoms with Crippen molar-refractivity contribution < 1.29 is 15.0 Å². The Labute approximate surface area is 122 Å². The average Bonchev–Trinajstić information content (AvgIpc) is 2.86. The first-order valence-corrected chi connectivity index (χ1v) is 7.21. The second-order valence-corrected chi connectivity index (χ2v) is 5.55. The van der Waals surface area contributed by atoms with Crippen LogP contribution in [0.1, 0.15) is 36.2 Å². The molecular weight excluding hydrogens is 270 g/mol. The van der Waals surface area contributed by atoms with Crippen LogP contribution in [0.2, 0.25) is 0 Å². The number of likely N-dealkylation sites (N-methyl/N-ethyl adjacent to an activating group) is 1. The largest absolute Gasteiger partial charge is 0.476 e. The van der Waals surface area contributed by atoms with Crippen molar-refractivity contribution in [1.82, 2.24) is 9.38 Å². The molecule has 21 heavy (non-hydrogen) atoms. The molecular formula is C15H19N3O3. The fourth-order valence-electron chi connectivity index (χ4n) is 3.13. The van der Waals surface area contributed by atoms with Crippen molar-refractivity contribution in [2.75, 3.05) is 11.9 Å². The summed E-state index contributed by atoms with van der Waals surface area (Å²) >= 11 is 0. The number of nitrogens with zero attached hydrogens (tertiary/aromatic N) is 3. The maximum Gasteiger partial charge on any atom is 0.356 e. The highest BCUT2D eigenvalue weighted by atomic mass is 16.4. The highest BCUT2D eigenvalue weighted by Crippen LogP contribution is 2.29. The molecule has 2 unspecified atom stereocenters. The van der Waals surface area contributed by atoms with Gasteiger partial charge in [0.15, 0.2) is 11.5 Å². The Bertz CT molecular complexity index is 667. The Morgan fingerprint density at radius 3 is 2.86 bits per heavy atom. The summed E-state index contributed by atoms with van der Waals surface area (Å²) in [4.78, 5) is 17.9. The third kappa shape index (κ3) is 2.35. The van der Waals surface area contributed by atoms with Gasteiger partial charge in [0, 0.05) is 13.2 Å². The van der Waals surface area contributed by atoms with E-state index < -0.39 is 12.1 Å². The molecule has 2 heterocycles. The maximum atomic E-state index is 11.6. The molecule has 0 saturated heterocycles. The number of hydrogen-bond acceptors (Lipinski definition) is 4. The molecule has 112 valence electrons. The summed E-state index contributed by atoms with van der Waals surface area (Å²) in [7, 11) is 1.81. The van der Waals surface area contributed by atoms with Gasteiger partial charge in [-0.25, -0.2) is 9.78 Å². The Balaban J connectivity index is 2.06. The summed E-state index contributed by atoms with van der Waals surface area (Å²) in [5.74, 6) is -0.597. The smallest absolute Gasteiger partial charge is 0.356 e. The van der Waals surface area contributed by atoms with Crippen molar-refractivity contribution in [2.24, 2.45) is 0 Å². The van der Waals surface area contributed by atoms with E-state index in [4.69, 9.17) is 0 Å². The molecule has 1 aliphatic rings. The predicted molar refractivity (Wildman–Crippen MR) is 78.8 cm³/mol.